The molecule has 3 nitrogen and oxygen atoms in total. The van der Waals surface area contributed by atoms with Crippen LogP contribution in [0.15, 0.2) is 17.6 Å². The van der Waals surface area contributed by atoms with Crippen molar-refractivity contribution >= 4 is 11.9 Å². The van der Waals surface area contributed by atoms with Crippen LogP contribution in [-0.4, -0.2) is 17.9 Å². The molecule has 66 valence electrons. The molecule has 0 rings (SSSR count). The minimum absolute atomic E-state index is 0.202. The highest BCUT2D eigenvalue weighted by Crippen LogP contribution is 2.05. The van der Waals surface area contributed by atoms with Gasteiger partial charge < -0.3 is 0 Å². The Kier molecular flexibility index (Phi) is 5.84. The molecule has 0 saturated carbocycles. The normalized spacial score (nSPS) is 11.4. The van der Waals surface area contributed by atoms with Crippen LogP contribution in [0, 0.1) is 0 Å². The molecule has 0 fully saturated rings. The average molecular weight is 167 g/mol. The maximum atomic E-state index is 11.0. The Balaban J connectivity index is 4.12. The standard InChI is InChI=1S/C9H13NO2/c1-3-5-6-8(10-7-11)9(12)4-2/h4,8H,2-3,5-6H2,1H3. The number of ketones is 1. The van der Waals surface area contributed by atoms with Gasteiger partial charge in [0.1, 0.15) is 6.04 Å². The number of hydrogen-bond acceptors (Lipinski definition) is 3. The van der Waals surface area contributed by atoms with Crippen molar-refractivity contribution in [1.82, 2.24) is 0 Å². The van der Waals surface area contributed by atoms with Crippen LogP contribution < -0.4 is 0 Å². The lowest BCUT2D eigenvalue weighted by atomic mass is 10.1. The lowest BCUT2D eigenvalue weighted by Gasteiger charge is -2.04. The minimum Gasteiger partial charge on any atom is -0.292 e. The van der Waals surface area contributed by atoms with Crippen molar-refractivity contribution in [3.05, 3.63) is 12.7 Å². The van der Waals surface area contributed by atoms with E-state index in [4.69, 9.17) is 0 Å². The third-order valence-electron chi connectivity index (χ3n) is 1.57. The van der Waals surface area contributed by atoms with Gasteiger partial charge in [-0.2, -0.15) is 4.99 Å². The fraction of sp³-hybridized carbons (Fsp3) is 0.556. The Hall–Kier alpha value is -1.21. The zero-order chi connectivity index (χ0) is 9.40. The number of nitrogens with zero attached hydrogens (tertiary/aromatic N) is 1. The van der Waals surface area contributed by atoms with Crippen LogP contribution in [0.3, 0.4) is 0 Å². The van der Waals surface area contributed by atoms with E-state index in [2.05, 4.69) is 11.6 Å². The van der Waals surface area contributed by atoms with Crippen molar-refractivity contribution in [3.63, 3.8) is 0 Å². The molecule has 0 spiro atoms. The van der Waals surface area contributed by atoms with E-state index in [1.54, 1.807) is 0 Å². The quantitative estimate of drug-likeness (QED) is 0.343. The minimum atomic E-state index is -0.556. The van der Waals surface area contributed by atoms with E-state index in [0.717, 1.165) is 12.8 Å². The molecule has 0 heterocycles. The number of unbranched alkanes of at least 4 members (excludes halogenated alkanes) is 1. The van der Waals surface area contributed by atoms with Gasteiger partial charge in [0.2, 0.25) is 6.08 Å². The van der Waals surface area contributed by atoms with Crippen LogP contribution in [0.5, 0.6) is 0 Å². The number of isocyanates is 1. The van der Waals surface area contributed by atoms with Crippen LogP contribution in [0.2, 0.25) is 0 Å². The average Bonchev–Trinajstić information content (AvgIpc) is 2.11. The Morgan fingerprint density at radius 3 is 2.83 bits per heavy atom. The molecule has 0 aromatic carbocycles. The summed E-state index contributed by atoms with van der Waals surface area (Å²) in [7, 11) is 0. The van der Waals surface area contributed by atoms with Crippen LogP contribution in [-0.2, 0) is 9.59 Å². The molecular formula is C9H13NO2. The number of rotatable bonds is 6. The summed E-state index contributed by atoms with van der Waals surface area (Å²) in [6.07, 6.45) is 5.07. The highest BCUT2D eigenvalue weighted by atomic mass is 16.1. The molecule has 3 heteroatoms. The van der Waals surface area contributed by atoms with Gasteiger partial charge in [-0.3, -0.25) is 4.79 Å². The molecule has 0 aliphatic heterocycles. The van der Waals surface area contributed by atoms with E-state index in [1.807, 2.05) is 6.92 Å². The van der Waals surface area contributed by atoms with Gasteiger partial charge in [-0.05, 0) is 12.5 Å². The summed E-state index contributed by atoms with van der Waals surface area (Å²) < 4.78 is 0. The first-order valence-electron chi connectivity index (χ1n) is 3.99. The topological polar surface area (TPSA) is 46.5 Å². The lowest BCUT2D eigenvalue weighted by Crippen LogP contribution is -2.15. The Morgan fingerprint density at radius 2 is 2.42 bits per heavy atom. The molecule has 0 aromatic rings. The van der Waals surface area contributed by atoms with Crippen molar-refractivity contribution in [1.29, 1.82) is 0 Å². The van der Waals surface area contributed by atoms with Crippen LogP contribution >= 0.6 is 0 Å². The molecular weight excluding hydrogens is 154 g/mol. The van der Waals surface area contributed by atoms with Crippen LogP contribution in [0.4, 0.5) is 0 Å². The zero-order valence-corrected chi connectivity index (χ0v) is 7.25. The monoisotopic (exact) mass is 167 g/mol. The lowest BCUT2D eigenvalue weighted by molar-refractivity contribution is -0.115. The highest BCUT2D eigenvalue weighted by molar-refractivity contribution is 5.94. The van der Waals surface area contributed by atoms with Gasteiger partial charge in [0, 0.05) is 0 Å². The second-order valence-electron chi connectivity index (χ2n) is 2.48. The third-order valence-corrected chi connectivity index (χ3v) is 1.57. The second-order valence-corrected chi connectivity index (χ2v) is 2.48. The molecule has 0 bridgehead atoms. The van der Waals surface area contributed by atoms with Gasteiger partial charge in [-0.15, -0.1) is 0 Å². The Morgan fingerprint density at radius 1 is 1.75 bits per heavy atom. The first-order chi connectivity index (χ1) is 5.76. The molecule has 0 radical (unpaired) electrons. The molecule has 0 saturated heterocycles. The van der Waals surface area contributed by atoms with E-state index in [-0.39, 0.29) is 5.78 Å². The van der Waals surface area contributed by atoms with Crippen molar-refractivity contribution in [2.75, 3.05) is 0 Å². The van der Waals surface area contributed by atoms with Gasteiger partial charge in [0.25, 0.3) is 0 Å². The summed E-state index contributed by atoms with van der Waals surface area (Å²) in [5.74, 6) is -0.202. The van der Waals surface area contributed by atoms with E-state index in [1.165, 1.54) is 12.2 Å². The molecule has 1 unspecified atom stereocenters. The fourth-order valence-corrected chi connectivity index (χ4v) is 0.868. The van der Waals surface area contributed by atoms with Crippen molar-refractivity contribution in [3.8, 4) is 0 Å². The van der Waals surface area contributed by atoms with Gasteiger partial charge >= 0.3 is 0 Å². The van der Waals surface area contributed by atoms with Gasteiger partial charge in [0.05, 0.1) is 0 Å². The molecule has 0 aromatic heterocycles. The van der Waals surface area contributed by atoms with E-state index in [9.17, 15) is 9.59 Å². The maximum absolute atomic E-state index is 11.0. The Labute approximate surface area is 72.2 Å². The zero-order valence-electron chi connectivity index (χ0n) is 7.25. The predicted molar refractivity (Wildman–Crippen MR) is 46.6 cm³/mol. The van der Waals surface area contributed by atoms with Crippen molar-refractivity contribution in [2.45, 2.75) is 32.2 Å². The molecule has 0 amide bonds. The van der Waals surface area contributed by atoms with Crippen molar-refractivity contribution in [2.24, 2.45) is 4.99 Å². The summed E-state index contributed by atoms with van der Waals surface area (Å²) >= 11 is 0. The van der Waals surface area contributed by atoms with Gasteiger partial charge in [-0.1, -0.05) is 26.3 Å². The SMILES string of the molecule is C=CC(=O)C(CCCC)N=C=O. The summed E-state index contributed by atoms with van der Waals surface area (Å²) in [6.45, 7) is 5.35. The van der Waals surface area contributed by atoms with Crippen LogP contribution in [0.25, 0.3) is 0 Å². The van der Waals surface area contributed by atoms with Gasteiger partial charge in [0.15, 0.2) is 5.78 Å². The highest BCUT2D eigenvalue weighted by Gasteiger charge is 2.12. The fourth-order valence-electron chi connectivity index (χ4n) is 0.868. The van der Waals surface area contributed by atoms with Crippen molar-refractivity contribution < 1.29 is 9.59 Å². The molecule has 0 N–H and O–H groups in total. The molecule has 0 aliphatic rings. The second kappa shape index (κ2) is 6.50. The predicted octanol–water partition coefficient (Wildman–Crippen LogP) is 1.64. The maximum Gasteiger partial charge on any atom is 0.235 e. The van der Waals surface area contributed by atoms with Gasteiger partial charge in [-0.25, -0.2) is 4.79 Å². The number of aliphatic imine (C=N–C) groups is 1. The Bertz CT molecular complexity index is 205. The van der Waals surface area contributed by atoms with E-state index in [0.29, 0.717) is 6.42 Å². The first-order valence-corrected chi connectivity index (χ1v) is 3.99. The summed E-state index contributed by atoms with van der Waals surface area (Å²) in [5.41, 5.74) is 0. The summed E-state index contributed by atoms with van der Waals surface area (Å²) in [4.78, 5) is 24.3. The molecule has 0 aliphatic carbocycles. The number of carbonyl (C=O) groups excluding carboxylic acids is 2. The smallest absolute Gasteiger partial charge is 0.235 e. The molecule has 12 heavy (non-hydrogen) atoms. The van der Waals surface area contributed by atoms with E-state index >= 15 is 0 Å². The number of carbonyl (C=O) groups is 1. The van der Waals surface area contributed by atoms with Crippen LogP contribution in [0.1, 0.15) is 26.2 Å². The summed E-state index contributed by atoms with van der Waals surface area (Å²) in [6, 6.07) is -0.556. The number of hydrogen-bond donors (Lipinski definition) is 0. The first kappa shape index (κ1) is 10.8. The third kappa shape index (κ3) is 3.84. The molecule has 1 atom stereocenters. The van der Waals surface area contributed by atoms with E-state index < -0.39 is 6.04 Å². The largest absolute Gasteiger partial charge is 0.292 e. The summed E-state index contributed by atoms with van der Waals surface area (Å²) in [5, 5.41) is 0.